The number of likely N-dealkylation sites (tertiary alicyclic amines) is 1. The number of amides is 1. The van der Waals surface area contributed by atoms with Gasteiger partial charge in [0.2, 0.25) is 5.91 Å². The van der Waals surface area contributed by atoms with E-state index in [9.17, 15) is 9.90 Å². The zero-order chi connectivity index (χ0) is 21.6. The summed E-state index contributed by atoms with van der Waals surface area (Å²) in [6, 6.07) is -0.315. The predicted molar refractivity (Wildman–Crippen MR) is 113 cm³/mol. The first kappa shape index (κ1) is 23.1. The molecule has 168 valence electrons. The fourth-order valence-electron chi connectivity index (χ4n) is 4.93. The molecule has 2 aliphatic heterocycles. The molecule has 0 bridgehead atoms. The molecule has 9 heteroatoms. The molecule has 4 rings (SSSR count). The maximum absolute atomic E-state index is 12.5. The summed E-state index contributed by atoms with van der Waals surface area (Å²) in [5.74, 6) is 0.209. The summed E-state index contributed by atoms with van der Waals surface area (Å²) >= 11 is 1.63. The molecule has 3 fully saturated rings. The highest BCUT2D eigenvalue weighted by atomic mass is 32.1. The summed E-state index contributed by atoms with van der Waals surface area (Å²) < 4.78 is 6.29. The number of nitrogens with zero attached hydrogens (tertiary/aromatic N) is 2. The fraction of sp³-hybridized carbons (Fsp3) is 0.762. The Morgan fingerprint density at radius 2 is 2.07 bits per heavy atom. The molecule has 1 aromatic heterocycles. The maximum atomic E-state index is 12.5. The van der Waals surface area contributed by atoms with Crippen molar-refractivity contribution in [2.45, 2.75) is 75.7 Å². The van der Waals surface area contributed by atoms with Gasteiger partial charge in [-0.3, -0.25) is 14.5 Å². The first-order chi connectivity index (χ1) is 14.4. The van der Waals surface area contributed by atoms with Crippen molar-refractivity contribution in [1.29, 1.82) is 0 Å². The summed E-state index contributed by atoms with van der Waals surface area (Å²) in [5.41, 5.74) is 1.81. The molecule has 2 saturated heterocycles. The maximum Gasteiger partial charge on any atom is 0.290 e. The van der Waals surface area contributed by atoms with Gasteiger partial charge in [-0.15, -0.1) is 11.3 Å². The summed E-state index contributed by atoms with van der Waals surface area (Å²) in [6.45, 7) is 4.80. The van der Waals surface area contributed by atoms with E-state index in [1.165, 1.54) is 0 Å². The molecule has 1 aliphatic carbocycles. The van der Waals surface area contributed by atoms with Crippen LogP contribution in [0.3, 0.4) is 0 Å². The minimum atomic E-state index is -0.927. The Hall–Kier alpha value is -1.55. The van der Waals surface area contributed by atoms with Crippen LogP contribution in [0.25, 0.3) is 0 Å². The number of aliphatic hydroxyl groups is 1. The van der Waals surface area contributed by atoms with Gasteiger partial charge < -0.3 is 20.3 Å². The van der Waals surface area contributed by atoms with Gasteiger partial charge in [-0.1, -0.05) is 12.8 Å². The summed E-state index contributed by atoms with van der Waals surface area (Å²) in [5, 5.41) is 23.2. The lowest BCUT2D eigenvalue weighted by Crippen LogP contribution is -2.64. The van der Waals surface area contributed by atoms with Gasteiger partial charge >= 0.3 is 0 Å². The van der Waals surface area contributed by atoms with E-state index >= 15 is 0 Å². The van der Waals surface area contributed by atoms with Gasteiger partial charge in [0.05, 0.1) is 35.1 Å². The number of thiazole rings is 1. The third-order valence-corrected chi connectivity index (χ3v) is 7.30. The second kappa shape index (κ2) is 10.2. The van der Waals surface area contributed by atoms with E-state index in [-0.39, 0.29) is 29.9 Å². The van der Waals surface area contributed by atoms with Gasteiger partial charge in [0.15, 0.2) is 0 Å². The van der Waals surface area contributed by atoms with Gasteiger partial charge in [-0.2, -0.15) is 0 Å². The Kier molecular flexibility index (Phi) is 7.84. The van der Waals surface area contributed by atoms with E-state index in [1.807, 2.05) is 12.4 Å². The number of carbonyl (C=O) groups is 2. The minimum absolute atomic E-state index is 0.0930. The molecule has 3 aliphatic rings. The lowest BCUT2D eigenvalue weighted by Gasteiger charge is -2.51. The van der Waals surface area contributed by atoms with E-state index in [0.29, 0.717) is 13.0 Å². The van der Waals surface area contributed by atoms with Crippen LogP contribution in [0.2, 0.25) is 0 Å². The summed E-state index contributed by atoms with van der Waals surface area (Å²) in [6.07, 6.45) is 6.63. The first-order valence-corrected chi connectivity index (χ1v) is 11.7. The molecular weight excluding hydrogens is 406 g/mol. The zero-order valence-electron chi connectivity index (χ0n) is 17.6. The molecule has 1 saturated carbocycles. The molecule has 1 amide bonds. The van der Waals surface area contributed by atoms with Crippen molar-refractivity contribution in [1.82, 2.24) is 15.2 Å². The van der Waals surface area contributed by atoms with Crippen molar-refractivity contribution in [2.75, 3.05) is 19.7 Å². The number of rotatable bonds is 4. The van der Waals surface area contributed by atoms with Crippen LogP contribution in [0.1, 0.15) is 57.6 Å². The second-order valence-electron chi connectivity index (χ2n) is 8.93. The SMILES string of the molecule is C[C@]1(O)CC2(CCN(Cc3cscn3)CC2)OC[C@@H]1NC(=O)C1CCCC1.O=CO. The number of nitrogens with one attached hydrogen (secondary N) is 1. The first-order valence-electron chi connectivity index (χ1n) is 10.7. The average Bonchev–Trinajstić information content (AvgIpc) is 3.40. The second-order valence-corrected chi connectivity index (χ2v) is 9.65. The number of hydrogen-bond donors (Lipinski definition) is 3. The number of piperidine rings is 1. The number of carbonyl (C=O) groups excluding carboxylic acids is 1. The average molecular weight is 440 g/mol. The molecule has 3 N–H and O–H groups in total. The van der Waals surface area contributed by atoms with Crippen LogP contribution >= 0.6 is 11.3 Å². The number of carboxylic acid groups (broad SMARTS) is 1. The highest BCUT2D eigenvalue weighted by molar-refractivity contribution is 7.07. The van der Waals surface area contributed by atoms with Crippen molar-refractivity contribution in [3.05, 3.63) is 16.6 Å². The van der Waals surface area contributed by atoms with E-state index in [1.54, 1.807) is 11.3 Å². The fourth-order valence-corrected chi connectivity index (χ4v) is 5.47. The van der Waals surface area contributed by atoms with Crippen molar-refractivity contribution in [3.63, 3.8) is 0 Å². The van der Waals surface area contributed by atoms with Crippen LogP contribution in [0.15, 0.2) is 10.9 Å². The topological polar surface area (TPSA) is 112 Å². The third kappa shape index (κ3) is 5.78. The van der Waals surface area contributed by atoms with Gasteiger partial charge in [0.1, 0.15) is 0 Å². The number of hydrogen-bond acceptors (Lipinski definition) is 7. The van der Waals surface area contributed by atoms with Crippen molar-refractivity contribution in [3.8, 4) is 0 Å². The number of ether oxygens (including phenoxy) is 1. The van der Waals surface area contributed by atoms with Gasteiger partial charge in [0, 0.05) is 37.4 Å². The summed E-state index contributed by atoms with van der Waals surface area (Å²) in [7, 11) is 0. The molecule has 0 radical (unpaired) electrons. The van der Waals surface area contributed by atoms with Crippen LogP contribution in [0.5, 0.6) is 0 Å². The Morgan fingerprint density at radius 1 is 1.40 bits per heavy atom. The Balaban J connectivity index is 0.000000806. The smallest absolute Gasteiger partial charge is 0.290 e. The molecule has 3 heterocycles. The van der Waals surface area contributed by atoms with E-state index in [4.69, 9.17) is 14.6 Å². The summed E-state index contributed by atoms with van der Waals surface area (Å²) in [4.78, 5) is 27.6. The van der Waals surface area contributed by atoms with Crippen molar-refractivity contribution in [2.24, 2.45) is 5.92 Å². The molecule has 1 spiro atoms. The van der Waals surface area contributed by atoms with Crippen LogP contribution in [0, 0.1) is 5.92 Å². The standard InChI is InChI=1S/C20H31N3O3S.CH2O2/c1-19(25)13-20(6-8-23(9-7-20)10-16-12-27-14-21-16)26-11-17(19)22-18(24)15-4-2-3-5-15;2-1-3/h12,14-15,17,25H,2-11,13H2,1H3,(H,22,24);1H,(H,2,3)/t17-,19-;/m0./s1. The van der Waals surface area contributed by atoms with Crippen molar-refractivity contribution >= 4 is 23.7 Å². The van der Waals surface area contributed by atoms with Crippen molar-refractivity contribution < 1.29 is 24.5 Å². The molecule has 0 aromatic carbocycles. The Morgan fingerprint density at radius 3 is 2.63 bits per heavy atom. The van der Waals surface area contributed by atoms with Crippen LogP contribution in [-0.2, 0) is 20.9 Å². The third-order valence-electron chi connectivity index (χ3n) is 6.67. The van der Waals surface area contributed by atoms with E-state index in [2.05, 4.69) is 20.6 Å². The lowest BCUT2D eigenvalue weighted by atomic mass is 9.75. The van der Waals surface area contributed by atoms with Crippen LogP contribution < -0.4 is 5.32 Å². The highest BCUT2D eigenvalue weighted by Crippen LogP contribution is 2.40. The predicted octanol–water partition coefficient (Wildman–Crippen LogP) is 2.02. The van der Waals surface area contributed by atoms with Gasteiger partial charge in [-0.25, -0.2) is 4.98 Å². The van der Waals surface area contributed by atoms with E-state index in [0.717, 1.165) is 63.9 Å². The largest absolute Gasteiger partial charge is 0.483 e. The zero-order valence-corrected chi connectivity index (χ0v) is 18.4. The van der Waals surface area contributed by atoms with Crippen LogP contribution in [0.4, 0.5) is 0 Å². The molecule has 2 atom stereocenters. The molecule has 0 unspecified atom stereocenters. The van der Waals surface area contributed by atoms with Gasteiger partial charge in [0.25, 0.3) is 6.47 Å². The highest BCUT2D eigenvalue weighted by Gasteiger charge is 2.49. The van der Waals surface area contributed by atoms with E-state index < -0.39 is 5.60 Å². The number of aromatic nitrogens is 1. The molecule has 30 heavy (non-hydrogen) atoms. The normalized spacial score (nSPS) is 29.2. The van der Waals surface area contributed by atoms with Gasteiger partial charge in [-0.05, 0) is 32.6 Å². The molecular formula is C21H33N3O5S. The lowest BCUT2D eigenvalue weighted by molar-refractivity contribution is -0.190. The monoisotopic (exact) mass is 439 g/mol. The quantitative estimate of drug-likeness (QED) is 0.615. The molecule has 8 nitrogen and oxygen atoms in total. The Labute approximate surface area is 181 Å². The molecule has 1 aromatic rings. The van der Waals surface area contributed by atoms with Crippen LogP contribution in [-0.4, -0.2) is 69.4 Å². The Bertz CT molecular complexity index is 683. The minimum Gasteiger partial charge on any atom is -0.483 e.